The lowest BCUT2D eigenvalue weighted by Gasteiger charge is -2.44. The Kier molecular flexibility index (Phi) is 6.13. The summed E-state index contributed by atoms with van der Waals surface area (Å²) in [6.07, 6.45) is 0.485. The molecule has 1 atom stereocenters. The Morgan fingerprint density at radius 1 is 1.20 bits per heavy atom. The number of hydrogen-bond donors (Lipinski definition) is 0. The molecule has 166 valence electrons. The molecule has 0 N–H and O–H groups in total. The number of nitrogens with zero attached hydrogens (tertiary/aromatic N) is 2. The summed E-state index contributed by atoms with van der Waals surface area (Å²) in [5.41, 5.74) is -0.00205. The largest absolute Gasteiger partial charge is 0.444 e. The summed E-state index contributed by atoms with van der Waals surface area (Å²) in [6, 6.07) is 9.69. The van der Waals surface area contributed by atoms with Crippen molar-refractivity contribution >= 4 is 22.2 Å². The van der Waals surface area contributed by atoms with E-state index >= 15 is 0 Å². The number of amides is 2. The van der Waals surface area contributed by atoms with Gasteiger partial charge in [0.25, 0.3) is 0 Å². The second kappa shape index (κ2) is 8.17. The van der Waals surface area contributed by atoms with Gasteiger partial charge in [0.05, 0.1) is 0 Å². The number of hydrogen-bond acceptors (Lipinski definition) is 5. The molecule has 2 aliphatic heterocycles. The Balaban J connectivity index is 1.78. The van der Waals surface area contributed by atoms with Crippen molar-refractivity contribution in [2.75, 3.05) is 26.2 Å². The van der Waals surface area contributed by atoms with Gasteiger partial charge in [-0.05, 0) is 39.2 Å². The Labute approximate surface area is 177 Å². The van der Waals surface area contributed by atoms with Crippen LogP contribution in [0.1, 0.15) is 45.6 Å². The van der Waals surface area contributed by atoms with Crippen LogP contribution in [0.2, 0.25) is 0 Å². The lowest BCUT2D eigenvalue weighted by atomic mass is 9.72. The van der Waals surface area contributed by atoms with Gasteiger partial charge in [0.2, 0.25) is 5.91 Å². The van der Waals surface area contributed by atoms with Gasteiger partial charge in [0, 0.05) is 38.0 Å². The molecule has 1 aromatic rings. The standard InChI is InChI=1S/C21H29FN2O5S/c1-20(2,3)29-19(26)23-11-9-21(10-12-23,16-7-5-4-6-8-16)15-24-14-17(13-18(24)25)30(22,27)28/h4-8,17H,9-15H2,1-3H3. The van der Waals surface area contributed by atoms with Gasteiger partial charge in [0.15, 0.2) is 0 Å². The van der Waals surface area contributed by atoms with E-state index in [-0.39, 0.29) is 25.0 Å². The third kappa shape index (κ3) is 5.11. The maximum Gasteiger partial charge on any atom is 0.410 e. The fourth-order valence-corrected chi connectivity index (χ4v) is 4.92. The molecule has 2 fully saturated rings. The zero-order valence-electron chi connectivity index (χ0n) is 17.6. The Morgan fingerprint density at radius 2 is 1.80 bits per heavy atom. The monoisotopic (exact) mass is 440 g/mol. The third-order valence-electron chi connectivity index (χ3n) is 5.83. The molecule has 0 spiro atoms. The molecule has 0 aliphatic carbocycles. The smallest absolute Gasteiger partial charge is 0.410 e. The average Bonchev–Trinajstić information content (AvgIpc) is 3.02. The molecule has 0 bridgehead atoms. The minimum Gasteiger partial charge on any atom is -0.444 e. The summed E-state index contributed by atoms with van der Waals surface area (Å²) >= 11 is 0. The van der Waals surface area contributed by atoms with Crippen LogP contribution in [0.3, 0.4) is 0 Å². The molecule has 1 unspecified atom stereocenters. The van der Waals surface area contributed by atoms with Crippen molar-refractivity contribution in [3.63, 3.8) is 0 Å². The molecular weight excluding hydrogens is 411 g/mol. The van der Waals surface area contributed by atoms with E-state index in [0.717, 1.165) is 5.56 Å². The van der Waals surface area contributed by atoms with E-state index in [9.17, 15) is 21.9 Å². The molecule has 0 saturated carbocycles. The van der Waals surface area contributed by atoms with Gasteiger partial charge in [0.1, 0.15) is 10.9 Å². The zero-order valence-corrected chi connectivity index (χ0v) is 18.5. The summed E-state index contributed by atoms with van der Waals surface area (Å²) in [6.45, 7) is 6.52. The minimum atomic E-state index is -4.76. The van der Waals surface area contributed by atoms with Crippen LogP contribution in [0.4, 0.5) is 8.68 Å². The van der Waals surface area contributed by atoms with Crippen LogP contribution in [-0.2, 0) is 25.2 Å². The van der Waals surface area contributed by atoms with Gasteiger partial charge in [-0.25, -0.2) is 4.79 Å². The summed E-state index contributed by atoms with van der Waals surface area (Å²) in [5, 5.41) is -1.31. The maximum absolute atomic E-state index is 13.4. The quantitative estimate of drug-likeness (QED) is 0.673. The Hall–Kier alpha value is -2.16. The second-order valence-electron chi connectivity index (χ2n) is 9.19. The fourth-order valence-electron chi connectivity index (χ4n) is 4.22. The van der Waals surface area contributed by atoms with Crippen LogP contribution in [0.25, 0.3) is 0 Å². The molecule has 9 heteroatoms. The van der Waals surface area contributed by atoms with Gasteiger partial charge in [-0.3, -0.25) is 4.79 Å². The molecule has 2 heterocycles. The van der Waals surface area contributed by atoms with Crippen molar-refractivity contribution in [2.24, 2.45) is 0 Å². The fraction of sp³-hybridized carbons (Fsp3) is 0.619. The number of carbonyl (C=O) groups is 2. The number of piperidine rings is 1. The molecule has 30 heavy (non-hydrogen) atoms. The van der Waals surface area contributed by atoms with Crippen molar-refractivity contribution in [3.8, 4) is 0 Å². The first-order valence-corrected chi connectivity index (χ1v) is 11.6. The summed E-state index contributed by atoms with van der Waals surface area (Å²) in [4.78, 5) is 28.0. The molecule has 2 amide bonds. The molecule has 0 aromatic heterocycles. The number of carbonyl (C=O) groups excluding carboxylic acids is 2. The number of likely N-dealkylation sites (tertiary alicyclic amines) is 2. The van der Waals surface area contributed by atoms with Crippen LogP contribution < -0.4 is 0 Å². The molecule has 2 aliphatic rings. The molecule has 1 aromatic carbocycles. The molecule has 7 nitrogen and oxygen atoms in total. The Morgan fingerprint density at radius 3 is 2.30 bits per heavy atom. The van der Waals surface area contributed by atoms with E-state index in [0.29, 0.717) is 32.5 Å². The molecule has 3 rings (SSSR count). The van der Waals surface area contributed by atoms with Gasteiger partial charge < -0.3 is 14.5 Å². The van der Waals surface area contributed by atoms with Crippen molar-refractivity contribution in [3.05, 3.63) is 35.9 Å². The zero-order chi connectivity index (χ0) is 22.2. The first-order valence-electron chi connectivity index (χ1n) is 10.1. The van der Waals surface area contributed by atoms with Crippen LogP contribution >= 0.6 is 0 Å². The van der Waals surface area contributed by atoms with Crippen LogP contribution in [-0.4, -0.2) is 67.2 Å². The minimum absolute atomic E-state index is 0.137. The highest BCUT2D eigenvalue weighted by molar-refractivity contribution is 7.87. The van der Waals surface area contributed by atoms with Gasteiger partial charge in [-0.2, -0.15) is 8.42 Å². The van der Waals surface area contributed by atoms with Gasteiger partial charge >= 0.3 is 16.3 Å². The lowest BCUT2D eigenvalue weighted by Crippen LogP contribution is -2.51. The van der Waals surface area contributed by atoms with Gasteiger partial charge in [-0.15, -0.1) is 3.89 Å². The summed E-state index contributed by atoms with van der Waals surface area (Å²) < 4.78 is 41.5. The van der Waals surface area contributed by atoms with Crippen LogP contribution in [0.15, 0.2) is 30.3 Å². The SMILES string of the molecule is CC(C)(C)OC(=O)N1CCC(CN2CC(S(=O)(=O)F)CC2=O)(c2ccccc2)CC1. The summed E-state index contributed by atoms with van der Waals surface area (Å²) in [7, 11) is -4.76. The van der Waals surface area contributed by atoms with E-state index in [2.05, 4.69) is 0 Å². The highest BCUT2D eigenvalue weighted by Gasteiger charge is 2.45. The predicted octanol–water partition coefficient (Wildman–Crippen LogP) is 2.86. The van der Waals surface area contributed by atoms with E-state index < -0.39 is 26.5 Å². The van der Waals surface area contributed by atoms with Crippen molar-refractivity contribution in [1.29, 1.82) is 0 Å². The van der Waals surface area contributed by atoms with Crippen LogP contribution in [0.5, 0.6) is 0 Å². The topological polar surface area (TPSA) is 84.0 Å². The third-order valence-corrected chi connectivity index (χ3v) is 6.94. The normalized spacial score (nSPS) is 22.3. The average molecular weight is 441 g/mol. The number of ether oxygens (including phenoxy) is 1. The van der Waals surface area contributed by atoms with Crippen LogP contribution in [0, 0.1) is 0 Å². The Bertz CT molecular complexity index is 890. The van der Waals surface area contributed by atoms with Crippen molar-refractivity contribution in [1.82, 2.24) is 9.80 Å². The van der Waals surface area contributed by atoms with E-state index in [1.807, 2.05) is 51.1 Å². The number of benzene rings is 1. The first-order chi connectivity index (χ1) is 13.9. The van der Waals surface area contributed by atoms with Crippen molar-refractivity contribution in [2.45, 2.75) is 56.3 Å². The lowest BCUT2D eigenvalue weighted by molar-refractivity contribution is -0.128. The molecule has 2 saturated heterocycles. The summed E-state index contributed by atoms with van der Waals surface area (Å²) in [5.74, 6) is -0.355. The number of rotatable bonds is 4. The predicted molar refractivity (Wildman–Crippen MR) is 110 cm³/mol. The number of halogens is 1. The van der Waals surface area contributed by atoms with E-state index in [1.54, 1.807) is 4.90 Å². The molecular formula is C21H29FN2O5S. The van der Waals surface area contributed by atoms with E-state index in [1.165, 1.54) is 4.90 Å². The van der Waals surface area contributed by atoms with Gasteiger partial charge in [-0.1, -0.05) is 30.3 Å². The highest BCUT2D eigenvalue weighted by Crippen LogP contribution is 2.38. The van der Waals surface area contributed by atoms with Crippen molar-refractivity contribution < 1.29 is 26.6 Å². The maximum atomic E-state index is 13.4. The molecule has 0 radical (unpaired) electrons. The first kappa shape index (κ1) is 22.5. The highest BCUT2D eigenvalue weighted by atomic mass is 32.3. The van der Waals surface area contributed by atoms with E-state index in [4.69, 9.17) is 4.74 Å². The second-order valence-corrected chi connectivity index (χ2v) is 10.8.